The van der Waals surface area contributed by atoms with Gasteiger partial charge in [0, 0.05) is 13.2 Å². The maximum absolute atomic E-state index is 13.7. The minimum absolute atomic E-state index is 0.0354. The van der Waals surface area contributed by atoms with E-state index >= 15 is 0 Å². The van der Waals surface area contributed by atoms with Crippen LogP contribution in [0.4, 0.5) is 18.9 Å². The van der Waals surface area contributed by atoms with Crippen LogP contribution in [0.25, 0.3) is 0 Å². The first-order valence-corrected chi connectivity index (χ1v) is 11.4. The number of benzene rings is 2. The van der Waals surface area contributed by atoms with E-state index in [1.165, 1.54) is 31.2 Å². The summed E-state index contributed by atoms with van der Waals surface area (Å²) in [7, 11) is -3.81. The van der Waals surface area contributed by atoms with Crippen LogP contribution in [0.15, 0.2) is 41.3 Å². The van der Waals surface area contributed by atoms with Crippen LogP contribution in [0.1, 0.15) is 30.1 Å². The second-order valence-corrected chi connectivity index (χ2v) is 9.04. The summed E-state index contributed by atoms with van der Waals surface area (Å²) in [5.41, 5.74) is -0.654. The predicted molar refractivity (Wildman–Crippen MR) is 110 cm³/mol. The highest BCUT2D eigenvalue weighted by Crippen LogP contribution is 2.20. The van der Waals surface area contributed by atoms with E-state index in [2.05, 4.69) is 4.72 Å². The Morgan fingerprint density at radius 3 is 2.45 bits per heavy atom. The number of carbonyl (C=O) groups excluding carboxylic acids is 2. The van der Waals surface area contributed by atoms with Crippen LogP contribution in [-0.2, 0) is 24.3 Å². The third-order valence-corrected chi connectivity index (χ3v) is 6.31. The number of sulfonamides is 1. The van der Waals surface area contributed by atoms with E-state index in [0.29, 0.717) is 12.7 Å². The van der Waals surface area contributed by atoms with Gasteiger partial charge < -0.3 is 14.8 Å². The maximum atomic E-state index is 13.7. The molecule has 178 valence electrons. The van der Waals surface area contributed by atoms with Crippen molar-refractivity contribution in [1.82, 2.24) is 4.72 Å². The summed E-state index contributed by atoms with van der Waals surface area (Å²) in [5.74, 6) is -6.69. The van der Waals surface area contributed by atoms with Crippen molar-refractivity contribution in [2.45, 2.75) is 36.9 Å². The second-order valence-electron chi connectivity index (χ2n) is 7.27. The monoisotopic (exact) mass is 486 g/mol. The van der Waals surface area contributed by atoms with Crippen molar-refractivity contribution >= 4 is 27.6 Å². The molecule has 0 spiro atoms. The van der Waals surface area contributed by atoms with Crippen molar-refractivity contribution in [3.63, 3.8) is 0 Å². The van der Waals surface area contributed by atoms with E-state index in [4.69, 9.17) is 9.47 Å². The molecule has 2 atom stereocenters. The van der Waals surface area contributed by atoms with Gasteiger partial charge in [-0.3, -0.25) is 4.79 Å². The molecule has 2 N–H and O–H groups in total. The number of ether oxygens (including phenoxy) is 2. The highest BCUT2D eigenvalue weighted by molar-refractivity contribution is 7.89. The van der Waals surface area contributed by atoms with Gasteiger partial charge in [-0.05, 0) is 56.2 Å². The van der Waals surface area contributed by atoms with Crippen molar-refractivity contribution in [2.75, 3.05) is 18.5 Å². The van der Waals surface area contributed by atoms with Crippen LogP contribution in [-0.4, -0.2) is 45.7 Å². The molecule has 12 heteroatoms. The van der Waals surface area contributed by atoms with E-state index in [1.807, 2.05) is 5.32 Å². The quantitative estimate of drug-likeness (QED) is 0.439. The molecule has 1 amide bonds. The van der Waals surface area contributed by atoms with Gasteiger partial charge in [0.15, 0.2) is 23.6 Å². The number of nitrogens with one attached hydrogen (secondary N) is 2. The molecule has 1 aliphatic heterocycles. The summed E-state index contributed by atoms with van der Waals surface area (Å²) in [4.78, 5) is 24.3. The SMILES string of the molecule is CC(OC(=O)c1ccc(S(=O)(=O)NCC2CCCO2)cc1)C(=O)Nc1ccc(F)c(F)c1F. The molecule has 0 radical (unpaired) electrons. The highest BCUT2D eigenvalue weighted by atomic mass is 32.2. The van der Waals surface area contributed by atoms with Crippen LogP contribution in [0, 0.1) is 17.5 Å². The first kappa shape index (κ1) is 24.7. The largest absolute Gasteiger partial charge is 0.449 e. The molecule has 3 rings (SSSR count). The van der Waals surface area contributed by atoms with Gasteiger partial charge in [0.1, 0.15) is 0 Å². The molecule has 2 aromatic rings. The summed E-state index contributed by atoms with van der Waals surface area (Å²) in [6, 6.07) is 6.29. The number of rotatable bonds is 8. The summed E-state index contributed by atoms with van der Waals surface area (Å²) in [6.45, 7) is 1.92. The normalized spacial score (nSPS) is 16.9. The maximum Gasteiger partial charge on any atom is 0.338 e. The third kappa shape index (κ3) is 6.09. The molecule has 0 aromatic heterocycles. The first-order valence-electron chi connectivity index (χ1n) is 9.95. The first-order chi connectivity index (χ1) is 15.6. The molecule has 1 fully saturated rings. The minimum atomic E-state index is -3.81. The Morgan fingerprint density at radius 2 is 1.82 bits per heavy atom. The molecule has 1 saturated heterocycles. The fourth-order valence-electron chi connectivity index (χ4n) is 3.00. The fraction of sp³-hybridized carbons (Fsp3) is 0.333. The van der Waals surface area contributed by atoms with Gasteiger partial charge in [0.2, 0.25) is 10.0 Å². The van der Waals surface area contributed by atoms with E-state index in [0.717, 1.165) is 18.9 Å². The minimum Gasteiger partial charge on any atom is -0.449 e. The van der Waals surface area contributed by atoms with Gasteiger partial charge >= 0.3 is 5.97 Å². The second kappa shape index (κ2) is 10.3. The molecule has 2 aromatic carbocycles. The van der Waals surface area contributed by atoms with E-state index in [1.54, 1.807) is 0 Å². The number of carbonyl (C=O) groups is 2. The van der Waals surface area contributed by atoms with Gasteiger partial charge in [0.05, 0.1) is 22.3 Å². The zero-order chi connectivity index (χ0) is 24.2. The zero-order valence-electron chi connectivity index (χ0n) is 17.4. The van der Waals surface area contributed by atoms with Gasteiger partial charge in [-0.15, -0.1) is 0 Å². The summed E-state index contributed by atoms with van der Waals surface area (Å²) in [5, 5.41) is 2.01. The molecule has 1 aliphatic rings. The molecular weight excluding hydrogens is 465 g/mol. The molecule has 0 saturated carbocycles. The standard InChI is InChI=1S/C21H21F3N2O6S/c1-12(20(27)26-17-9-8-16(22)18(23)19(17)24)32-21(28)13-4-6-15(7-5-13)33(29,30)25-11-14-3-2-10-31-14/h4-9,12,14,25H,2-3,10-11H2,1H3,(H,26,27). The summed E-state index contributed by atoms with van der Waals surface area (Å²) < 4.78 is 77.5. The lowest BCUT2D eigenvalue weighted by Gasteiger charge is -2.14. The Hall–Kier alpha value is -2.96. The van der Waals surface area contributed by atoms with Crippen LogP contribution in [0.3, 0.4) is 0 Å². The molecule has 8 nitrogen and oxygen atoms in total. The fourth-order valence-corrected chi connectivity index (χ4v) is 4.07. The van der Waals surface area contributed by atoms with Crippen LogP contribution in [0.2, 0.25) is 0 Å². The lowest BCUT2D eigenvalue weighted by atomic mass is 10.2. The zero-order valence-corrected chi connectivity index (χ0v) is 18.3. The van der Waals surface area contributed by atoms with Crippen molar-refractivity contribution in [1.29, 1.82) is 0 Å². The summed E-state index contributed by atoms with van der Waals surface area (Å²) in [6.07, 6.45) is 0.0417. The number of halogens is 3. The number of esters is 1. The third-order valence-electron chi connectivity index (χ3n) is 4.87. The van der Waals surface area contributed by atoms with E-state index in [9.17, 15) is 31.2 Å². The van der Waals surface area contributed by atoms with Crippen molar-refractivity contribution in [2.24, 2.45) is 0 Å². The smallest absolute Gasteiger partial charge is 0.338 e. The molecule has 0 aliphatic carbocycles. The molecule has 33 heavy (non-hydrogen) atoms. The Bertz CT molecular complexity index is 1140. The van der Waals surface area contributed by atoms with Gasteiger partial charge in [-0.1, -0.05) is 0 Å². The van der Waals surface area contributed by atoms with Crippen LogP contribution >= 0.6 is 0 Å². The number of amides is 1. The highest BCUT2D eigenvalue weighted by Gasteiger charge is 2.23. The topological polar surface area (TPSA) is 111 Å². The lowest BCUT2D eigenvalue weighted by molar-refractivity contribution is -0.123. The number of anilines is 1. The number of hydrogen-bond acceptors (Lipinski definition) is 6. The van der Waals surface area contributed by atoms with E-state index < -0.39 is 51.1 Å². The van der Waals surface area contributed by atoms with E-state index in [-0.39, 0.29) is 23.1 Å². The van der Waals surface area contributed by atoms with Crippen molar-refractivity contribution in [3.8, 4) is 0 Å². The van der Waals surface area contributed by atoms with Crippen molar-refractivity contribution in [3.05, 3.63) is 59.4 Å². The number of hydrogen-bond donors (Lipinski definition) is 2. The molecule has 2 unspecified atom stereocenters. The van der Waals surface area contributed by atoms with Crippen LogP contribution in [0.5, 0.6) is 0 Å². The van der Waals surface area contributed by atoms with Gasteiger partial charge in [-0.2, -0.15) is 0 Å². The van der Waals surface area contributed by atoms with Gasteiger partial charge in [-0.25, -0.2) is 31.1 Å². The predicted octanol–water partition coefficient (Wildman–Crippen LogP) is 2.75. The average molecular weight is 486 g/mol. The average Bonchev–Trinajstić information content (AvgIpc) is 3.32. The Morgan fingerprint density at radius 1 is 1.12 bits per heavy atom. The Balaban J connectivity index is 1.58. The Labute approximate surface area is 188 Å². The Kier molecular flexibility index (Phi) is 7.72. The summed E-state index contributed by atoms with van der Waals surface area (Å²) >= 11 is 0. The van der Waals surface area contributed by atoms with Crippen molar-refractivity contribution < 1.29 is 40.7 Å². The molecular formula is C21H21F3N2O6S. The molecule has 0 bridgehead atoms. The van der Waals surface area contributed by atoms with Gasteiger partial charge in [0.25, 0.3) is 5.91 Å². The lowest BCUT2D eigenvalue weighted by Crippen LogP contribution is -2.32. The van der Waals surface area contributed by atoms with Crippen LogP contribution < -0.4 is 10.0 Å². The molecule has 1 heterocycles.